The van der Waals surface area contributed by atoms with Crippen LogP contribution < -0.4 is 4.74 Å². The molecule has 0 amide bonds. The second-order valence-corrected chi connectivity index (χ2v) is 12.6. The fraction of sp³-hybridized carbons (Fsp3) is 0.429. The molecule has 0 aliphatic rings. The maximum Gasteiger partial charge on any atom is 0.120 e. The standard InChI is InChI=1S/C28H39NOSi/c1-8-29(20-13-9-12-19-28(3,4)5)22-24-16-14-17-25(21-24)30-27(31(6)7)26-18-11-10-15-23(26)2/h9-11,13-18,21,27,31H,8,20,22H2,1-7H3/b13-9+. The molecular weight excluding hydrogens is 394 g/mol. The number of likely N-dealkylation sites (N-methyl/N-ethyl adjacent to an activating group) is 1. The Hall–Kier alpha value is -2.28. The Morgan fingerprint density at radius 2 is 1.84 bits per heavy atom. The zero-order valence-corrected chi connectivity index (χ0v) is 21.6. The minimum atomic E-state index is -1.05. The van der Waals surface area contributed by atoms with E-state index in [1.807, 2.05) is 6.08 Å². The Morgan fingerprint density at radius 1 is 1.10 bits per heavy atom. The van der Waals surface area contributed by atoms with Crippen LogP contribution in [0.1, 0.15) is 50.1 Å². The summed E-state index contributed by atoms with van der Waals surface area (Å²) in [5.41, 5.74) is 4.14. The van der Waals surface area contributed by atoms with E-state index in [0.717, 1.165) is 25.4 Å². The van der Waals surface area contributed by atoms with Crippen molar-refractivity contribution in [2.45, 2.75) is 60.0 Å². The minimum absolute atomic E-state index is 0.0458. The first-order valence-corrected chi connectivity index (χ1v) is 14.4. The van der Waals surface area contributed by atoms with E-state index in [4.69, 9.17) is 4.74 Å². The molecule has 0 heterocycles. The molecule has 0 saturated carbocycles. The predicted octanol–water partition coefficient (Wildman–Crippen LogP) is 6.57. The van der Waals surface area contributed by atoms with Crippen LogP contribution in [0.3, 0.4) is 0 Å². The fourth-order valence-electron chi connectivity index (χ4n) is 3.41. The number of allylic oxidation sites excluding steroid dienone is 1. The summed E-state index contributed by atoms with van der Waals surface area (Å²) < 4.78 is 6.55. The molecule has 0 aromatic heterocycles. The normalized spacial score (nSPS) is 12.8. The zero-order chi connectivity index (χ0) is 22.9. The monoisotopic (exact) mass is 433 g/mol. The Bertz CT molecular complexity index is 914. The van der Waals surface area contributed by atoms with Gasteiger partial charge in [-0.3, -0.25) is 4.90 Å². The lowest BCUT2D eigenvalue weighted by Gasteiger charge is -2.25. The van der Waals surface area contributed by atoms with Crippen molar-refractivity contribution in [2.24, 2.45) is 5.41 Å². The second kappa shape index (κ2) is 11.9. The van der Waals surface area contributed by atoms with E-state index in [9.17, 15) is 0 Å². The summed E-state index contributed by atoms with van der Waals surface area (Å²) in [5.74, 6) is 7.37. The average molecular weight is 434 g/mol. The Kier molecular flexibility index (Phi) is 9.62. The molecule has 0 fully saturated rings. The summed E-state index contributed by atoms with van der Waals surface area (Å²) in [4.78, 5) is 2.41. The molecule has 0 bridgehead atoms. The van der Waals surface area contributed by atoms with Gasteiger partial charge in [-0.2, -0.15) is 0 Å². The highest BCUT2D eigenvalue weighted by molar-refractivity contribution is 6.57. The van der Waals surface area contributed by atoms with Gasteiger partial charge in [0.25, 0.3) is 0 Å². The molecule has 2 rings (SSSR count). The minimum Gasteiger partial charge on any atom is -0.490 e. The number of rotatable bonds is 9. The molecule has 0 N–H and O–H groups in total. The zero-order valence-electron chi connectivity index (χ0n) is 20.4. The van der Waals surface area contributed by atoms with E-state index in [1.165, 1.54) is 16.7 Å². The number of ether oxygens (including phenoxy) is 1. The number of hydrogen-bond donors (Lipinski definition) is 0. The van der Waals surface area contributed by atoms with E-state index in [-0.39, 0.29) is 11.1 Å². The molecule has 1 atom stereocenters. The Labute approximate surface area is 191 Å². The largest absolute Gasteiger partial charge is 0.490 e. The van der Waals surface area contributed by atoms with E-state index in [2.05, 4.69) is 119 Å². The first-order chi connectivity index (χ1) is 14.7. The van der Waals surface area contributed by atoms with Crippen molar-refractivity contribution >= 4 is 8.80 Å². The van der Waals surface area contributed by atoms with Gasteiger partial charge in [0, 0.05) is 18.5 Å². The second-order valence-electron chi connectivity index (χ2n) is 9.54. The summed E-state index contributed by atoms with van der Waals surface area (Å²) >= 11 is 0. The van der Waals surface area contributed by atoms with Gasteiger partial charge in [0.1, 0.15) is 11.5 Å². The molecule has 0 spiro atoms. The molecule has 0 aliphatic carbocycles. The Morgan fingerprint density at radius 3 is 2.48 bits per heavy atom. The van der Waals surface area contributed by atoms with Gasteiger partial charge in [0.2, 0.25) is 0 Å². The van der Waals surface area contributed by atoms with Gasteiger partial charge < -0.3 is 4.74 Å². The van der Waals surface area contributed by atoms with Gasteiger partial charge in [-0.1, -0.05) is 74.3 Å². The molecular formula is C28H39NOSi. The van der Waals surface area contributed by atoms with Crippen LogP contribution in [0, 0.1) is 24.2 Å². The number of aryl methyl sites for hydroxylation is 1. The van der Waals surface area contributed by atoms with Crippen molar-refractivity contribution in [3.05, 3.63) is 77.4 Å². The van der Waals surface area contributed by atoms with Crippen LogP contribution in [-0.4, -0.2) is 26.8 Å². The topological polar surface area (TPSA) is 12.5 Å². The SMILES string of the molecule is CCN(C/C=C/C#CC(C)(C)C)Cc1cccc(OC(c2ccccc2C)[SiH](C)C)c1. The summed E-state index contributed by atoms with van der Waals surface area (Å²) in [6.45, 7) is 18.3. The van der Waals surface area contributed by atoms with Gasteiger partial charge in [0.15, 0.2) is 0 Å². The van der Waals surface area contributed by atoms with E-state index in [1.54, 1.807) is 0 Å². The molecule has 2 nitrogen and oxygen atoms in total. The van der Waals surface area contributed by atoms with Crippen LogP contribution in [0.2, 0.25) is 13.1 Å². The molecule has 2 aromatic carbocycles. The quantitative estimate of drug-likeness (QED) is 0.327. The van der Waals surface area contributed by atoms with Crippen molar-refractivity contribution in [3.8, 4) is 17.6 Å². The van der Waals surface area contributed by atoms with Crippen LogP contribution in [-0.2, 0) is 6.54 Å². The van der Waals surface area contributed by atoms with Crippen LogP contribution in [0.4, 0.5) is 0 Å². The van der Waals surface area contributed by atoms with Gasteiger partial charge in [-0.15, -0.1) is 0 Å². The van der Waals surface area contributed by atoms with E-state index >= 15 is 0 Å². The summed E-state index contributed by atoms with van der Waals surface area (Å²) in [7, 11) is -1.05. The highest BCUT2D eigenvalue weighted by Crippen LogP contribution is 2.27. The smallest absolute Gasteiger partial charge is 0.120 e. The van der Waals surface area contributed by atoms with Crippen molar-refractivity contribution in [1.82, 2.24) is 4.90 Å². The third-order valence-electron chi connectivity index (χ3n) is 5.13. The van der Waals surface area contributed by atoms with E-state index < -0.39 is 8.80 Å². The summed E-state index contributed by atoms with van der Waals surface area (Å²) in [5, 5.41) is 0. The lowest BCUT2D eigenvalue weighted by molar-refractivity contribution is 0.277. The van der Waals surface area contributed by atoms with Gasteiger partial charge >= 0.3 is 0 Å². The Balaban J connectivity index is 2.07. The lowest BCUT2D eigenvalue weighted by Crippen LogP contribution is -2.24. The van der Waals surface area contributed by atoms with Gasteiger partial charge in [0.05, 0.1) is 8.80 Å². The van der Waals surface area contributed by atoms with Crippen molar-refractivity contribution in [3.63, 3.8) is 0 Å². The highest BCUT2D eigenvalue weighted by Gasteiger charge is 2.20. The number of benzene rings is 2. The van der Waals surface area contributed by atoms with Crippen LogP contribution in [0.25, 0.3) is 0 Å². The van der Waals surface area contributed by atoms with Crippen molar-refractivity contribution in [2.75, 3.05) is 13.1 Å². The van der Waals surface area contributed by atoms with Crippen LogP contribution >= 0.6 is 0 Å². The maximum absolute atomic E-state index is 6.55. The third kappa shape index (κ3) is 8.77. The number of hydrogen-bond acceptors (Lipinski definition) is 2. The predicted molar refractivity (Wildman–Crippen MR) is 137 cm³/mol. The van der Waals surface area contributed by atoms with Gasteiger partial charge in [-0.05, 0) is 69.1 Å². The molecule has 0 saturated heterocycles. The number of nitrogens with zero attached hydrogens (tertiary/aromatic N) is 1. The third-order valence-corrected chi connectivity index (χ3v) is 6.83. The van der Waals surface area contributed by atoms with Crippen LogP contribution in [0.5, 0.6) is 5.75 Å². The molecule has 0 radical (unpaired) electrons. The average Bonchev–Trinajstić information content (AvgIpc) is 2.71. The van der Waals surface area contributed by atoms with Crippen molar-refractivity contribution in [1.29, 1.82) is 0 Å². The van der Waals surface area contributed by atoms with Crippen LogP contribution in [0.15, 0.2) is 60.7 Å². The molecule has 0 aliphatic heterocycles. The molecule has 166 valence electrons. The first-order valence-electron chi connectivity index (χ1n) is 11.4. The molecule has 2 aromatic rings. The lowest BCUT2D eigenvalue weighted by atomic mass is 9.98. The van der Waals surface area contributed by atoms with Gasteiger partial charge in [-0.25, -0.2) is 0 Å². The molecule has 1 unspecified atom stereocenters. The van der Waals surface area contributed by atoms with E-state index in [0.29, 0.717) is 0 Å². The van der Waals surface area contributed by atoms with Crippen molar-refractivity contribution < 1.29 is 4.74 Å². The summed E-state index contributed by atoms with van der Waals surface area (Å²) in [6.07, 6.45) is 4.13. The first kappa shape index (κ1) is 25.0. The molecule has 3 heteroatoms. The fourth-order valence-corrected chi connectivity index (χ4v) is 4.93. The summed E-state index contributed by atoms with van der Waals surface area (Å²) in [6, 6.07) is 17.2. The molecule has 31 heavy (non-hydrogen) atoms. The maximum atomic E-state index is 6.55. The highest BCUT2D eigenvalue weighted by atomic mass is 28.3.